The fourth-order valence-electron chi connectivity index (χ4n) is 4.50. The van der Waals surface area contributed by atoms with Crippen LogP contribution in [-0.4, -0.2) is 20.5 Å². The average molecular weight is 449 g/mol. The minimum Gasteiger partial charge on any atom is -0.345 e. The predicted molar refractivity (Wildman–Crippen MR) is 137 cm³/mol. The summed E-state index contributed by atoms with van der Waals surface area (Å²) in [5, 5.41) is 9.99. The van der Waals surface area contributed by atoms with Gasteiger partial charge in [-0.15, -0.1) is 0 Å². The van der Waals surface area contributed by atoms with Crippen LogP contribution in [0.25, 0.3) is 27.5 Å². The Morgan fingerprint density at radius 3 is 2.41 bits per heavy atom. The zero-order valence-corrected chi connectivity index (χ0v) is 19.9. The molecule has 3 aromatic carbocycles. The first-order valence-corrected chi connectivity index (χ1v) is 11.7. The van der Waals surface area contributed by atoms with Gasteiger partial charge >= 0.3 is 0 Å². The van der Waals surface area contributed by atoms with Crippen LogP contribution in [0.4, 0.5) is 0 Å². The Labute approximate surface area is 199 Å². The smallest absolute Gasteiger partial charge is 0.255 e. The number of carbonyl (C=O) groups excluding carboxylic acids is 1. The van der Waals surface area contributed by atoms with E-state index in [-0.39, 0.29) is 11.9 Å². The monoisotopic (exact) mass is 448 g/mol. The van der Waals surface area contributed by atoms with Crippen LogP contribution in [0.15, 0.2) is 79.1 Å². The predicted octanol–water partition coefficient (Wildman–Crippen LogP) is 6.47. The Morgan fingerprint density at radius 1 is 0.912 bits per heavy atom. The fourth-order valence-corrected chi connectivity index (χ4v) is 4.50. The first-order valence-electron chi connectivity index (χ1n) is 11.7. The highest BCUT2D eigenvalue weighted by molar-refractivity contribution is 5.96. The molecule has 0 saturated heterocycles. The minimum absolute atomic E-state index is 0.152. The summed E-state index contributed by atoms with van der Waals surface area (Å²) in [6.07, 6.45) is 3.48. The molecule has 0 radical (unpaired) electrons. The Morgan fingerprint density at radius 2 is 1.65 bits per heavy atom. The van der Waals surface area contributed by atoms with E-state index in [2.05, 4.69) is 77.8 Å². The molecular formula is C29H28N4O. The van der Waals surface area contributed by atoms with Crippen LogP contribution in [0, 0.1) is 6.92 Å². The molecule has 1 N–H and O–H groups in total. The van der Waals surface area contributed by atoms with E-state index in [4.69, 9.17) is 0 Å². The molecule has 0 bridgehead atoms. The molecule has 0 saturated carbocycles. The van der Waals surface area contributed by atoms with E-state index in [1.807, 2.05) is 38.2 Å². The summed E-state index contributed by atoms with van der Waals surface area (Å²) in [5.41, 5.74) is 6.42. The van der Waals surface area contributed by atoms with Gasteiger partial charge in [0.25, 0.3) is 5.91 Å². The first kappa shape index (κ1) is 21.8. The first-order chi connectivity index (χ1) is 16.4. The lowest BCUT2D eigenvalue weighted by Gasteiger charge is -2.17. The molecule has 0 aliphatic heterocycles. The van der Waals surface area contributed by atoms with Gasteiger partial charge in [0, 0.05) is 11.8 Å². The second-order valence-corrected chi connectivity index (χ2v) is 9.09. The van der Waals surface area contributed by atoms with Crippen molar-refractivity contribution >= 4 is 22.3 Å². The van der Waals surface area contributed by atoms with E-state index >= 15 is 0 Å². The topological polar surface area (TPSA) is 59.3 Å². The highest BCUT2D eigenvalue weighted by Gasteiger charge is 2.19. The molecule has 0 aliphatic rings. The lowest BCUT2D eigenvalue weighted by atomic mass is 9.99. The number of amides is 1. The molecule has 34 heavy (non-hydrogen) atoms. The number of carbonyl (C=O) groups is 1. The van der Waals surface area contributed by atoms with Crippen LogP contribution >= 0.6 is 0 Å². The van der Waals surface area contributed by atoms with Gasteiger partial charge in [0.2, 0.25) is 0 Å². The standard InChI is InChI=1S/C29H28N4O/c1-18(2)21-12-14-23(15-13-21)27-17-31-33-20(4)26(16-30-28(27)33)29(34)32-19(3)24-11-7-9-22-8-5-6-10-25(22)24/h5-19H,1-4H3,(H,32,34). The number of aromatic nitrogens is 3. The Kier molecular flexibility index (Phi) is 5.62. The van der Waals surface area contributed by atoms with Crippen molar-refractivity contribution in [3.8, 4) is 11.1 Å². The molecule has 0 spiro atoms. The van der Waals surface area contributed by atoms with E-state index in [1.165, 1.54) is 5.56 Å². The van der Waals surface area contributed by atoms with E-state index in [0.29, 0.717) is 11.5 Å². The summed E-state index contributed by atoms with van der Waals surface area (Å²) in [5.74, 6) is 0.321. The van der Waals surface area contributed by atoms with Gasteiger partial charge < -0.3 is 5.32 Å². The van der Waals surface area contributed by atoms with Crippen LogP contribution < -0.4 is 5.32 Å². The molecular weight excluding hydrogens is 420 g/mol. The number of rotatable bonds is 5. The third-order valence-corrected chi connectivity index (χ3v) is 6.54. The lowest BCUT2D eigenvalue weighted by Crippen LogP contribution is -2.28. The van der Waals surface area contributed by atoms with Crippen molar-refractivity contribution in [1.29, 1.82) is 0 Å². The summed E-state index contributed by atoms with van der Waals surface area (Å²) in [6.45, 7) is 8.28. The average Bonchev–Trinajstić information content (AvgIpc) is 3.29. The maximum absolute atomic E-state index is 13.2. The highest BCUT2D eigenvalue weighted by atomic mass is 16.1. The van der Waals surface area contributed by atoms with E-state index < -0.39 is 0 Å². The second-order valence-electron chi connectivity index (χ2n) is 9.09. The van der Waals surface area contributed by atoms with Crippen LogP contribution in [0.3, 0.4) is 0 Å². The summed E-state index contributed by atoms with van der Waals surface area (Å²) in [7, 11) is 0. The largest absolute Gasteiger partial charge is 0.345 e. The normalized spacial score (nSPS) is 12.4. The second kappa shape index (κ2) is 8.75. The molecule has 5 heteroatoms. The molecule has 1 unspecified atom stereocenters. The summed E-state index contributed by atoms with van der Waals surface area (Å²) in [6, 6.07) is 22.7. The molecule has 0 fully saturated rings. The number of nitrogens with one attached hydrogen (secondary N) is 1. The molecule has 170 valence electrons. The van der Waals surface area contributed by atoms with Gasteiger partial charge in [-0.1, -0.05) is 80.6 Å². The van der Waals surface area contributed by atoms with Crippen LogP contribution in [0.2, 0.25) is 0 Å². The third-order valence-electron chi connectivity index (χ3n) is 6.54. The minimum atomic E-state index is -0.161. The van der Waals surface area contributed by atoms with Gasteiger partial charge in [0.15, 0.2) is 5.65 Å². The quantitative estimate of drug-likeness (QED) is 0.335. The summed E-state index contributed by atoms with van der Waals surface area (Å²) >= 11 is 0. The van der Waals surface area contributed by atoms with Gasteiger partial charge in [0.05, 0.1) is 23.5 Å². The Balaban J connectivity index is 1.44. The fraction of sp³-hybridized carbons (Fsp3) is 0.207. The summed E-state index contributed by atoms with van der Waals surface area (Å²) in [4.78, 5) is 17.8. The zero-order chi connectivity index (χ0) is 23.8. The van der Waals surface area contributed by atoms with Gasteiger partial charge in [0.1, 0.15) is 0 Å². The Bertz CT molecular complexity index is 1490. The van der Waals surface area contributed by atoms with Crippen molar-refractivity contribution in [2.24, 2.45) is 0 Å². The molecule has 0 aliphatic carbocycles. The molecule has 2 aromatic heterocycles. The van der Waals surface area contributed by atoms with Crippen LogP contribution in [-0.2, 0) is 0 Å². The SMILES string of the molecule is Cc1c(C(=O)NC(C)c2cccc3ccccc23)cnc2c(-c3ccc(C(C)C)cc3)cnn12. The number of hydrogen-bond acceptors (Lipinski definition) is 3. The van der Waals surface area contributed by atoms with E-state index in [9.17, 15) is 4.79 Å². The number of benzene rings is 3. The van der Waals surface area contributed by atoms with Crippen molar-refractivity contribution in [2.45, 2.75) is 39.7 Å². The number of nitrogens with zero attached hydrogens (tertiary/aromatic N) is 3. The molecule has 5 nitrogen and oxygen atoms in total. The maximum atomic E-state index is 13.2. The van der Waals surface area contributed by atoms with Gasteiger partial charge in [-0.25, -0.2) is 9.50 Å². The van der Waals surface area contributed by atoms with Crippen molar-refractivity contribution in [2.75, 3.05) is 0 Å². The summed E-state index contributed by atoms with van der Waals surface area (Å²) < 4.78 is 1.75. The number of fused-ring (bicyclic) bond motifs is 2. The van der Waals surface area contributed by atoms with Crippen LogP contribution in [0.1, 0.15) is 59.9 Å². The van der Waals surface area contributed by atoms with Crippen molar-refractivity contribution in [1.82, 2.24) is 19.9 Å². The molecule has 5 aromatic rings. The van der Waals surface area contributed by atoms with Gasteiger partial charge in [-0.3, -0.25) is 4.79 Å². The van der Waals surface area contributed by atoms with Gasteiger partial charge in [-0.2, -0.15) is 5.10 Å². The van der Waals surface area contributed by atoms with E-state index in [0.717, 1.165) is 38.8 Å². The van der Waals surface area contributed by atoms with Crippen LogP contribution in [0.5, 0.6) is 0 Å². The highest BCUT2D eigenvalue weighted by Crippen LogP contribution is 2.27. The third kappa shape index (κ3) is 3.83. The van der Waals surface area contributed by atoms with Crippen molar-refractivity contribution in [3.05, 3.63) is 102 Å². The molecule has 1 amide bonds. The molecule has 2 heterocycles. The van der Waals surface area contributed by atoms with Crippen molar-refractivity contribution in [3.63, 3.8) is 0 Å². The zero-order valence-electron chi connectivity index (χ0n) is 19.9. The Hall–Kier alpha value is -3.99. The number of aryl methyl sites for hydroxylation is 1. The molecule has 1 atom stereocenters. The van der Waals surface area contributed by atoms with Crippen molar-refractivity contribution < 1.29 is 4.79 Å². The molecule has 5 rings (SSSR count). The van der Waals surface area contributed by atoms with E-state index in [1.54, 1.807) is 10.7 Å². The maximum Gasteiger partial charge on any atom is 0.255 e. The number of hydrogen-bond donors (Lipinski definition) is 1. The lowest BCUT2D eigenvalue weighted by molar-refractivity contribution is 0.0938. The van der Waals surface area contributed by atoms with Gasteiger partial charge in [-0.05, 0) is 47.2 Å².